The van der Waals surface area contributed by atoms with Gasteiger partial charge in [-0.05, 0) is 49.2 Å². The van der Waals surface area contributed by atoms with Crippen LogP contribution in [-0.4, -0.2) is 30.2 Å². The van der Waals surface area contributed by atoms with Crippen molar-refractivity contribution in [2.45, 2.75) is 13.8 Å². The van der Waals surface area contributed by atoms with Crippen molar-refractivity contribution < 1.29 is 19.4 Å². The summed E-state index contributed by atoms with van der Waals surface area (Å²) in [5, 5.41) is 16.1. The van der Waals surface area contributed by atoms with Crippen molar-refractivity contribution in [2.24, 2.45) is 5.10 Å². The van der Waals surface area contributed by atoms with E-state index >= 15 is 0 Å². The Morgan fingerprint density at radius 1 is 1.12 bits per heavy atom. The van der Waals surface area contributed by atoms with E-state index in [0.717, 1.165) is 11.1 Å². The maximum atomic E-state index is 11.9. The number of nitrogens with one attached hydrogen (secondary N) is 2. The number of methoxy groups -OCH3 is 1. The van der Waals surface area contributed by atoms with Gasteiger partial charge < -0.3 is 15.2 Å². The SMILES string of the molecule is COc1cccc(/C=N\NC(=O)C(=O)Nc2ccc(C)c(C)c2)c1O. The molecule has 2 amide bonds. The molecule has 0 bridgehead atoms. The predicted octanol–water partition coefficient (Wildman–Crippen LogP) is 2.11. The van der Waals surface area contributed by atoms with Crippen LogP contribution < -0.4 is 15.5 Å². The second-order valence-corrected chi connectivity index (χ2v) is 5.35. The van der Waals surface area contributed by atoms with Crippen LogP contribution in [0.3, 0.4) is 0 Å². The number of phenolic OH excluding ortho intramolecular Hbond substituents is 1. The molecule has 0 heterocycles. The molecule has 25 heavy (non-hydrogen) atoms. The molecule has 2 aromatic rings. The summed E-state index contributed by atoms with van der Waals surface area (Å²) in [6.07, 6.45) is 1.22. The zero-order chi connectivity index (χ0) is 18.4. The van der Waals surface area contributed by atoms with E-state index < -0.39 is 11.8 Å². The number of amides is 2. The molecule has 0 radical (unpaired) electrons. The van der Waals surface area contributed by atoms with Crippen LogP contribution in [-0.2, 0) is 9.59 Å². The summed E-state index contributed by atoms with van der Waals surface area (Å²) in [5.74, 6) is -1.59. The highest BCUT2D eigenvalue weighted by atomic mass is 16.5. The standard InChI is InChI=1S/C18H19N3O4/c1-11-7-8-14(9-12(11)2)20-17(23)18(24)21-19-10-13-5-4-6-15(25-3)16(13)22/h4-10,22H,1-3H3,(H,20,23)(H,21,24)/b19-10-. The molecule has 0 aromatic heterocycles. The van der Waals surface area contributed by atoms with Crippen LogP contribution in [0.25, 0.3) is 0 Å². The topological polar surface area (TPSA) is 100 Å². The van der Waals surface area contributed by atoms with E-state index in [1.807, 2.05) is 19.9 Å². The lowest BCUT2D eigenvalue weighted by Gasteiger charge is -2.07. The number of rotatable bonds is 4. The third kappa shape index (κ3) is 4.57. The van der Waals surface area contributed by atoms with Gasteiger partial charge >= 0.3 is 11.8 Å². The van der Waals surface area contributed by atoms with Gasteiger partial charge in [-0.25, -0.2) is 5.43 Å². The van der Waals surface area contributed by atoms with Crippen LogP contribution >= 0.6 is 0 Å². The van der Waals surface area contributed by atoms with E-state index in [1.54, 1.807) is 30.3 Å². The summed E-state index contributed by atoms with van der Waals surface area (Å²) in [6.45, 7) is 3.87. The maximum Gasteiger partial charge on any atom is 0.329 e. The summed E-state index contributed by atoms with van der Waals surface area (Å²) in [7, 11) is 1.43. The van der Waals surface area contributed by atoms with Gasteiger partial charge in [0.1, 0.15) is 0 Å². The largest absolute Gasteiger partial charge is 0.504 e. The molecule has 0 aliphatic carbocycles. The zero-order valence-corrected chi connectivity index (χ0v) is 14.2. The van der Waals surface area contributed by atoms with Crippen molar-refractivity contribution in [1.82, 2.24) is 5.43 Å². The predicted molar refractivity (Wildman–Crippen MR) is 94.9 cm³/mol. The van der Waals surface area contributed by atoms with Gasteiger partial charge in [-0.3, -0.25) is 9.59 Å². The minimum absolute atomic E-state index is 0.109. The van der Waals surface area contributed by atoms with E-state index in [-0.39, 0.29) is 11.5 Å². The van der Waals surface area contributed by atoms with Gasteiger partial charge in [0.05, 0.1) is 13.3 Å². The second-order valence-electron chi connectivity index (χ2n) is 5.35. The molecule has 0 spiro atoms. The first-order valence-corrected chi connectivity index (χ1v) is 7.50. The number of aryl methyl sites for hydroxylation is 2. The maximum absolute atomic E-state index is 11.9. The molecule has 130 valence electrons. The molecule has 0 unspecified atom stereocenters. The quantitative estimate of drug-likeness (QED) is 0.450. The van der Waals surface area contributed by atoms with Crippen LogP contribution in [0.15, 0.2) is 41.5 Å². The lowest BCUT2D eigenvalue weighted by Crippen LogP contribution is -2.32. The third-order valence-corrected chi connectivity index (χ3v) is 3.59. The number of carbonyl (C=O) groups is 2. The Balaban J connectivity index is 1.97. The van der Waals surface area contributed by atoms with Crippen LogP contribution in [0.1, 0.15) is 16.7 Å². The Bertz CT molecular complexity index is 831. The monoisotopic (exact) mass is 341 g/mol. The minimum atomic E-state index is -0.920. The van der Waals surface area contributed by atoms with Crippen molar-refractivity contribution in [1.29, 1.82) is 0 Å². The highest BCUT2D eigenvalue weighted by Gasteiger charge is 2.13. The van der Waals surface area contributed by atoms with Gasteiger partial charge in [0.2, 0.25) is 0 Å². The number of benzene rings is 2. The molecule has 2 aromatic carbocycles. The molecular weight excluding hydrogens is 322 g/mol. The Morgan fingerprint density at radius 3 is 2.56 bits per heavy atom. The van der Waals surface area contributed by atoms with Gasteiger partial charge in [0.25, 0.3) is 0 Å². The normalized spacial score (nSPS) is 10.5. The average Bonchev–Trinajstić information content (AvgIpc) is 2.59. The van der Waals surface area contributed by atoms with Crippen molar-refractivity contribution in [3.63, 3.8) is 0 Å². The van der Waals surface area contributed by atoms with Crippen LogP contribution in [0.4, 0.5) is 5.69 Å². The van der Waals surface area contributed by atoms with Gasteiger partial charge in [-0.15, -0.1) is 0 Å². The summed E-state index contributed by atoms with van der Waals surface area (Å²) < 4.78 is 4.97. The van der Waals surface area contributed by atoms with E-state index in [4.69, 9.17) is 4.74 Å². The van der Waals surface area contributed by atoms with Gasteiger partial charge in [-0.1, -0.05) is 12.1 Å². The number of ether oxygens (including phenoxy) is 1. The number of nitrogens with zero attached hydrogens (tertiary/aromatic N) is 1. The number of hydrogen-bond donors (Lipinski definition) is 3. The number of para-hydroxylation sites is 1. The number of anilines is 1. The van der Waals surface area contributed by atoms with Crippen molar-refractivity contribution in [2.75, 3.05) is 12.4 Å². The van der Waals surface area contributed by atoms with Gasteiger partial charge in [0, 0.05) is 11.3 Å². The van der Waals surface area contributed by atoms with Crippen molar-refractivity contribution in [3.8, 4) is 11.5 Å². The van der Waals surface area contributed by atoms with Crippen molar-refractivity contribution >= 4 is 23.7 Å². The summed E-state index contributed by atoms with van der Waals surface area (Å²) in [5.41, 5.74) is 5.07. The van der Waals surface area contributed by atoms with Crippen LogP contribution in [0.5, 0.6) is 11.5 Å². The number of phenols is 1. The molecule has 0 aliphatic heterocycles. The van der Waals surface area contributed by atoms with E-state index in [0.29, 0.717) is 11.3 Å². The average molecular weight is 341 g/mol. The zero-order valence-electron chi connectivity index (χ0n) is 14.2. The van der Waals surface area contributed by atoms with E-state index in [2.05, 4.69) is 15.8 Å². The lowest BCUT2D eigenvalue weighted by atomic mass is 10.1. The van der Waals surface area contributed by atoms with Gasteiger partial charge in [0.15, 0.2) is 11.5 Å². The lowest BCUT2D eigenvalue weighted by molar-refractivity contribution is -0.136. The molecule has 7 nitrogen and oxygen atoms in total. The molecule has 2 rings (SSSR count). The Kier molecular flexibility index (Phi) is 5.73. The van der Waals surface area contributed by atoms with Crippen molar-refractivity contribution in [3.05, 3.63) is 53.1 Å². The summed E-state index contributed by atoms with van der Waals surface area (Å²) in [4.78, 5) is 23.6. The fourth-order valence-corrected chi connectivity index (χ4v) is 2.03. The molecule has 0 fully saturated rings. The first kappa shape index (κ1) is 18.0. The second kappa shape index (κ2) is 7.96. The first-order chi connectivity index (χ1) is 11.9. The minimum Gasteiger partial charge on any atom is -0.504 e. The first-order valence-electron chi connectivity index (χ1n) is 7.50. The fourth-order valence-electron chi connectivity index (χ4n) is 2.03. The number of hydrogen-bond acceptors (Lipinski definition) is 5. The van der Waals surface area contributed by atoms with E-state index in [9.17, 15) is 14.7 Å². The summed E-state index contributed by atoms with van der Waals surface area (Å²) >= 11 is 0. The molecule has 7 heteroatoms. The van der Waals surface area contributed by atoms with E-state index in [1.165, 1.54) is 13.3 Å². The number of carbonyl (C=O) groups excluding carboxylic acids is 2. The molecule has 0 saturated heterocycles. The van der Waals surface area contributed by atoms with Crippen LogP contribution in [0, 0.1) is 13.8 Å². The Labute approximate surface area is 145 Å². The van der Waals surface area contributed by atoms with Gasteiger partial charge in [-0.2, -0.15) is 5.10 Å². The molecule has 0 atom stereocenters. The fraction of sp³-hybridized carbons (Fsp3) is 0.167. The molecule has 0 saturated carbocycles. The Morgan fingerprint density at radius 2 is 1.88 bits per heavy atom. The highest BCUT2D eigenvalue weighted by molar-refractivity contribution is 6.39. The molecule has 3 N–H and O–H groups in total. The molecule has 0 aliphatic rings. The summed E-state index contributed by atoms with van der Waals surface area (Å²) in [6, 6.07) is 10.2. The Hall–Kier alpha value is -3.35. The highest BCUT2D eigenvalue weighted by Crippen LogP contribution is 2.27. The number of aromatic hydroxyl groups is 1. The smallest absolute Gasteiger partial charge is 0.329 e. The third-order valence-electron chi connectivity index (χ3n) is 3.59. The number of hydrazone groups is 1. The van der Waals surface area contributed by atoms with Crippen LogP contribution in [0.2, 0.25) is 0 Å². The molecular formula is C18H19N3O4.